The van der Waals surface area contributed by atoms with E-state index in [-0.39, 0.29) is 12.0 Å². The van der Waals surface area contributed by atoms with Crippen LogP contribution in [-0.4, -0.2) is 42.8 Å². The van der Waals surface area contributed by atoms with Gasteiger partial charge in [0.05, 0.1) is 24.2 Å². The topological polar surface area (TPSA) is 124 Å². The summed E-state index contributed by atoms with van der Waals surface area (Å²) in [7, 11) is 0. The molecule has 1 aliphatic rings. The van der Waals surface area contributed by atoms with Crippen LogP contribution in [0.2, 0.25) is 0 Å². The third-order valence-corrected chi connectivity index (χ3v) is 5.66. The van der Waals surface area contributed by atoms with Crippen molar-refractivity contribution >= 4 is 22.8 Å². The number of hydrogen-bond acceptors (Lipinski definition) is 7. The molecule has 1 amide bonds. The van der Waals surface area contributed by atoms with Gasteiger partial charge < -0.3 is 29.1 Å². The largest absolute Gasteiger partial charge is 0.490 e. The molecule has 2 heterocycles. The molecule has 0 radical (unpaired) electrons. The van der Waals surface area contributed by atoms with Crippen LogP contribution in [0.1, 0.15) is 31.9 Å². The molecule has 1 aliphatic heterocycles. The first-order valence-corrected chi connectivity index (χ1v) is 11.5. The second kappa shape index (κ2) is 10.5. The third-order valence-electron chi connectivity index (χ3n) is 5.66. The highest BCUT2D eigenvalue weighted by molar-refractivity contribution is 5.85. The maximum absolute atomic E-state index is 13.3. The van der Waals surface area contributed by atoms with Crippen LogP contribution in [0.3, 0.4) is 0 Å². The van der Waals surface area contributed by atoms with Crippen molar-refractivity contribution < 1.29 is 33.3 Å². The number of carboxylic acid groups (broad SMARTS) is 1. The molecule has 184 valence electrons. The van der Waals surface area contributed by atoms with E-state index in [1.54, 1.807) is 37.3 Å². The quantitative estimate of drug-likeness (QED) is 0.499. The Morgan fingerprint density at radius 1 is 1.11 bits per heavy atom. The van der Waals surface area contributed by atoms with E-state index in [9.17, 15) is 19.5 Å². The van der Waals surface area contributed by atoms with Gasteiger partial charge in [0.15, 0.2) is 18.1 Å². The highest BCUT2D eigenvalue weighted by atomic mass is 16.5. The number of ether oxygens (including phenoxy) is 3. The van der Waals surface area contributed by atoms with Crippen LogP contribution in [-0.2, 0) is 9.59 Å². The molecule has 0 spiro atoms. The fourth-order valence-electron chi connectivity index (χ4n) is 3.96. The zero-order valence-electron chi connectivity index (χ0n) is 19.6. The van der Waals surface area contributed by atoms with E-state index in [1.807, 2.05) is 6.92 Å². The number of nitrogens with one attached hydrogen (secondary N) is 1. The summed E-state index contributed by atoms with van der Waals surface area (Å²) in [6, 6.07) is 9.10. The summed E-state index contributed by atoms with van der Waals surface area (Å²) in [6.07, 6.45) is 1.73. The van der Waals surface area contributed by atoms with Crippen LogP contribution < -0.4 is 25.0 Å². The lowest BCUT2D eigenvalue weighted by Gasteiger charge is -2.14. The number of carbonyl (C=O) groups excluding carboxylic acids is 1. The molecular weight excluding hydrogens is 454 g/mol. The number of carboxylic acids is 1. The van der Waals surface area contributed by atoms with Gasteiger partial charge in [-0.15, -0.1) is 0 Å². The second-order valence-corrected chi connectivity index (χ2v) is 8.27. The first-order chi connectivity index (χ1) is 16.9. The zero-order chi connectivity index (χ0) is 24.9. The Balaban J connectivity index is 1.55. The van der Waals surface area contributed by atoms with Crippen LogP contribution in [0, 0.1) is 6.92 Å². The molecule has 0 unspecified atom stereocenters. The number of hydrogen-bond donors (Lipinski definition) is 2. The number of amides is 1. The van der Waals surface area contributed by atoms with Crippen molar-refractivity contribution in [2.24, 2.45) is 0 Å². The van der Waals surface area contributed by atoms with Gasteiger partial charge in [-0.1, -0.05) is 19.4 Å². The summed E-state index contributed by atoms with van der Waals surface area (Å²) < 4.78 is 22.9. The normalized spacial score (nSPS) is 13.7. The molecule has 9 heteroatoms. The predicted octanol–water partition coefficient (Wildman–Crippen LogP) is 3.68. The van der Waals surface area contributed by atoms with E-state index in [0.29, 0.717) is 71.2 Å². The molecule has 0 fully saturated rings. The van der Waals surface area contributed by atoms with E-state index in [1.165, 1.54) is 6.07 Å². The van der Waals surface area contributed by atoms with E-state index < -0.39 is 17.9 Å². The van der Waals surface area contributed by atoms with Gasteiger partial charge in [0.1, 0.15) is 23.1 Å². The van der Waals surface area contributed by atoms with Crippen LogP contribution in [0.5, 0.6) is 17.2 Å². The SMILES string of the molecule is CCC[C@H](NC(=O)COc1ccc2c(=O)c(-c3ccc4c(c3)OCCCO4)c(C)oc2c1)C(=O)O. The highest BCUT2D eigenvalue weighted by Gasteiger charge is 2.20. The summed E-state index contributed by atoms with van der Waals surface area (Å²) in [5.41, 5.74) is 1.21. The predicted molar refractivity (Wildman–Crippen MR) is 128 cm³/mol. The van der Waals surface area contributed by atoms with E-state index in [2.05, 4.69) is 5.32 Å². The molecule has 2 aromatic carbocycles. The molecule has 1 aromatic heterocycles. The van der Waals surface area contributed by atoms with Gasteiger partial charge in [-0.3, -0.25) is 9.59 Å². The van der Waals surface area contributed by atoms with E-state index in [0.717, 1.165) is 6.42 Å². The minimum absolute atomic E-state index is 0.202. The molecule has 2 N–H and O–H groups in total. The first kappa shape index (κ1) is 24.1. The molecule has 35 heavy (non-hydrogen) atoms. The Kier molecular flexibility index (Phi) is 7.24. The molecule has 0 saturated heterocycles. The molecule has 9 nitrogen and oxygen atoms in total. The Morgan fingerprint density at radius 3 is 2.63 bits per heavy atom. The molecule has 1 atom stereocenters. The number of benzene rings is 2. The van der Waals surface area contributed by atoms with Gasteiger partial charge in [0, 0.05) is 12.5 Å². The Morgan fingerprint density at radius 2 is 1.89 bits per heavy atom. The number of rotatable bonds is 8. The van der Waals surface area contributed by atoms with Gasteiger partial charge in [0.2, 0.25) is 5.43 Å². The van der Waals surface area contributed by atoms with Crippen molar-refractivity contribution in [1.29, 1.82) is 0 Å². The lowest BCUT2D eigenvalue weighted by molar-refractivity contribution is -0.142. The van der Waals surface area contributed by atoms with Crippen LogP contribution >= 0.6 is 0 Å². The number of carbonyl (C=O) groups is 2. The summed E-state index contributed by atoms with van der Waals surface area (Å²) >= 11 is 0. The summed E-state index contributed by atoms with van der Waals surface area (Å²) in [5, 5.41) is 12.0. The first-order valence-electron chi connectivity index (χ1n) is 11.5. The Labute approximate surface area is 201 Å². The molecule has 4 rings (SSSR count). The lowest BCUT2D eigenvalue weighted by atomic mass is 10.0. The average molecular weight is 482 g/mol. The Hall–Kier alpha value is -4.01. The number of fused-ring (bicyclic) bond motifs is 2. The van der Waals surface area contributed by atoms with Gasteiger partial charge >= 0.3 is 5.97 Å². The molecule has 0 aliphatic carbocycles. The maximum atomic E-state index is 13.3. The second-order valence-electron chi connectivity index (χ2n) is 8.27. The fourth-order valence-corrected chi connectivity index (χ4v) is 3.96. The van der Waals surface area contributed by atoms with E-state index >= 15 is 0 Å². The molecular formula is C26H27NO8. The summed E-state index contributed by atoms with van der Waals surface area (Å²) in [5.74, 6) is 0.340. The number of aryl methyl sites for hydroxylation is 1. The highest BCUT2D eigenvalue weighted by Crippen LogP contribution is 2.35. The molecule has 0 saturated carbocycles. The minimum atomic E-state index is -1.09. The Bertz CT molecular complexity index is 1310. The van der Waals surface area contributed by atoms with Crippen LogP contribution in [0.4, 0.5) is 0 Å². The summed E-state index contributed by atoms with van der Waals surface area (Å²) in [4.78, 5) is 36.6. The van der Waals surface area contributed by atoms with Gasteiger partial charge in [-0.2, -0.15) is 0 Å². The van der Waals surface area contributed by atoms with Crippen molar-refractivity contribution in [3.05, 3.63) is 52.4 Å². The minimum Gasteiger partial charge on any atom is -0.490 e. The molecule has 3 aromatic rings. The van der Waals surface area contributed by atoms with Crippen molar-refractivity contribution in [3.63, 3.8) is 0 Å². The summed E-state index contributed by atoms with van der Waals surface area (Å²) in [6.45, 7) is 4.30. The standard InChI is InChI=1S/C26H27NO8/c1-3-5-19(26(30)31)27-23(28)14-34-17-7-8-18-21(13-17)35-15(2)24(25(18)29)16-6-9-20-22(12-16)33-11-4-10-32-20/h6-9,12-13,19H,3-5,10-11,14H2,1-2H3,(H,27,28)(H,30,31)/t19-/m0/s1. The van der Waals surface area contributed by atoms with Crippen molar-refractivity contribution in [2.45, 2.75) is 39.2 Å². The smallest absolute Gasteiger partial charge is 0.326 e. The van der Waals surface area contributed by atoms with Crippen LogP contribution in [0.25, 0.3) is 22.1 Å². The zero-order valence-corrected chi connectivity index (χ0v) is 19.6. The third kappa shape index (κ3) is 5.40. The van der Waals surface area contributed by atoms with Crippen molar-refractivity contribution in [1.82, 2.24) is 5.32 Å². The van der Waals surface area contributed by atoms with Crippen molar-refractivity contribution in [3.8, 4) is 28.4 Å². The maximum Gasteiger partial charge on any atom is 0.326 e. The van der Waals surface area contributed by atoms with Crippen molar-refractivity contribution in [2.75, 3.05) is 19.8 Å². The molecule has 0 bridgehead atoms. The van der Waals surface area contributed by atoms with Gasteiger partial charge in [-0.05, 0) is 43.2 Å². The number of aliphatic carboxylic acids is 1. The van der Waals surface area contributed by atoms with Gasteiger partial charge in [0.25, 0.3) is 5.91 Å². The fraction of sp³-hybridized carbons (Fsp3) is 0.346. The van der Waals surface area contributed by atoms with Crippen LogP contribution in [0.15, 0.2) is 45.6 Å². The average Bonchev–Trinajstić information content (AvgIpc) is 3.07. The monoisotopic (exact) mass is 481 g/mol. The van der Waals surface area contributed by atoms with Gasteiger partial charge in [-0.25, -0.2) is 4.79 Å². The van der Waals surface area contributed by atoms with E-state index in [4.69, 9.17) is 18.6 Å². The lowest BCUT2D eigenvalue weighted by Crippen LogP contribution is -2.42.